The first-order valence-electron chi connectivity index (χ1n) is 11.5. The lowest BCUT2D eigenvalue weighted by Gasteiger charge is -2.44. The SMILES string of the molecule is O=C(O)N1CCC2(CCCN2C(=O)c2ccc(C3CC3)c(Cc3ccc(F)cc3)n2)CC1. The Labute approximate surface area is 187 Å². The van der Waals surface area contributed by atoms with Crippen molar-refractivity contribution in [2.24, 2.45) is 0 Å². The molecule has 7 heteroatoms. The van der Waals surface area contributed by atoms with Gasteiger partial charge in [0.25, 0.3) is 5.91 Å². The number of hydrogen-bond acceptors (Lipinski definition) is 3. The molecule has 1 spiro atoms. The van der Waals surface area contributed by atoms with Crippen LogP contribution in [0.5, 0.6) is 0 Å². The quantitative estimate of drug-likeness (QED) is 0.768. The molecule has 2 aromatic rings. The number of carbonyl (C=O) groups excluding carboxylic acids is 1. The van der Waals surface area contributed by atoms with Gasteiger partial charge in [-0.05, 0) is 73.8 Å². The fourth-order valence-electron chi connectivity index (χ4n) is 5.36. The molecule has 0 unspecified atom stereocenters. The Morgan fingerprint density at radius 2 is 1.75 bits per heavy atom. The standard InChI is InChI=1S/C25H28FN3O3/c26-19-6-2-17(3-7-19)16-22-20(18-4-5-18)8-9-21(27-22)23(30)29-13-1-10-25(29)11-14-28(15-12-25)24(31)32/h2-3,6-9,18H,1,4-5,10-16H2,(H,31,32). The Morgan fingerprint density at radius 1 is 1.03 bits per heavy atom. The molecule has 0 bridgehead atoms. The van der Waals surface area contributed by atoms with Gasteiger partial charge >= 0.3 is 6.09 Å². The fraction of sp³-hybridized carbons (Fsp3) is 0.480. The number of benzene rings is 1. The third-order valence-electron chi connectivity index (χ3n) is 7.34. The number of halogens is 1. The highest BCUT2D eigenvalue weighted by Gasteiger charge is 2.46. The van der Waals surface area contributed by atoms with Crippen LogP contribution in [0.15, 0.2) is 36.4 Å². The van der Waals surface area contributed by atoms with Crippen molar-refractivity contribution in [3.05, 3.63) is 64.7 Å². The minimum Gasteiger partial charge on any atom is -0.465 e. The lowest BCUT2D eigenvalue weighted by molar-refractivity contribution is 0.0376. The number of amides is 2. The van der Waals surface area contributed by atoms with Gasteiger partial charge in [0.1, 0.15) is 11.5 Å². The summed E-state index contributed by atoms with van der Waals surface area (Å²) in [7, 11) is 0. The monoisotopic (exact) mass is 437 g/mol. The molecule has 5 rings (SSSR count). The van der Waals surface area contributed by atoms with E-state index >= 15 is 0 Å². The number of piperidine rings is 1. The second-order valence-electron chi connectivity index (χ2n) is 9.36. The number of carboxylic acid groups (broad SMARTS) is 1. The lowest BCUT2D eigenvalue weighted by Crippen LogP contribution is -2.55. The molecule has 0 atom stereocenters. The highest BCUT2D eigenvalue weighted by atomic mass is 19.1. The summed E-state index contributed by atoms with van der Waals surface area (Å²) in [6, 6.07) is 10.4. The van der Waals surface area contributed by atoms with E-state index < -0.39 is 6.09 Å². The van der Waals surface area contributed by atoms with Gasteiger partial charge in [-0.15, -0.1) is 0 Å². The Morgan fingerprint density at radius 3 is 2.41 bits per heavy atom. The van der Waals surface area contributed by atoms with Gasteiger partial charge in [0.2, 0.25) is 0 Å². The summed E-state index contributed by atoms with van der Waals surface area (Å²) in [5.74, 6) is 0.177. The molecule has 6 nitrogen and oxygen atoms in total. The molecule has 1 aromatic heterocycles. The van der Waals surface area contributed by atoms with Gasteiger partial charge in [0.15, 0.2) is 0 Å². The second kappa shape index (κ2) is 8.19. The van der Waals surface area contributed by atoms with E-state index in [-0.39, 0.29) is 17.3 Å². The summed E-state index contributed by atoms with van der Waals surface area (Å²) in [6.45, 7) is 1.61. The van der Waals surface area contributed by atoms with Crippen LogP contribution in [0.4, 0.5) is 9.18 Å². The zero-order valence-corrected chi connectivity index (χ0v) is 18.1. The van der Waals surface area contributed by atoms with Crippen LogP contribution in [0.1, 0.15) is 71.8 Å². The normalized spacial score (nSPS) is 20.0. The summed E-state index contributed by atoms with van der Waals surface area (Å²) in [4.78, 5) is 33.1. The molecular weight excluding hydrogens is 409 g/mol. The minimum atomic E-state index is -0.890. The van der Waals surface area contributed by atoms with Crippen LogP contribution in [-0.4, -0.2) is 57.1 Å². The summed E-state index contributed by atoms with van der Waals surface area (Å²) in [6.07, 6.45) is 5.16. The lowest BCUT2D eigenvalue weighted by atomic mass is 9.85. The van der Waals surface area contributed by atoms with E-state index in [0.717, 1.165) is 36.9 Å². The van der Waals surface area contributed by atoms with Crippen molar-refractivity contribution < 1.29 is 19.1 Å². The van der Waals surface area contributed by atoms with Crippen LogP contribution in [-0.2, 0) is 6.42 Å². The van der Waals surface area contributed by atoms with Gasteiger partial charge in [-0.1, -0.05) is 18.2 Å². The van der Waals surface area contributed by atoms with E-state index in [0.29, 0.717) is 50.5 Å². The van der Waals surface area contributed by atoms with Gasteiger partial charge < -0.3 is 14.9 Å². The molecule has 1 aromatic carbocycles. The van der Waals surface area contributed by atoms with Crippen LogP contribution in [0.25, 0.3) is 0 Å². The average Bonchev–Trinajstić information content (AvgIpc) is 3.56. The molecule has 3 aliphatic rings. The van der Waals surface area contributed by atoms with Gasteiger partial charge in [0, 0.05) is 37.3 Å². The second-order valence-corrected chi connectivity index (χ2v) is 9.36. The Kier molecular flexibility index (Phi) is 5.35. The first-order valence-corrected chi connectivity index (χ1v) is 11.5. The van der Waals surface area contributed by atoms with E-state index in [9.17, 15) is 19.1 Å². The molecule has 3 fully saturated rings. The molecule has 32 heavy (non-hydrogen) atoms. The minimum absolute atomic E-state index is 0.0611. The van der Waals surface area contributed by atoms with Crippen molar-refractivity contribution >= 4 is 12.0 Å². The number of carbonyl (C=O) groups is 2. The Hall–Kier alpha value is -2.96. The maximum Gasteiger partial charge on any atom is 0.407 e. The van der Waals surface area contributed by atoms with Crippen molar-refractivity contribution in [3.63, 3.8) is 0 Å². The van der Waals surface area contributed by atoms with Crippen molar-refractivity contribution in [2.45, 2.75) is 56.4 Å². The molecule has 1 aliphatic carbocycles. The van der Waals surface area contributed by atoms with E-state index in [4.69, 9.17) is 4.98 Å². The summed E-state index contributed by atoms with van der Waals surface area (Å²) >= 11 is 0. The average molecular weight is 438 g/mol. The zero-order valence-electron chi connectivity index (χ0n) is 18.1. The first kappa shape index (κ1) is 20.9. The van der Waals surface area contributed by atoms with Crippen LogP contribution in [0, 0.1) is 5.82 Å². The molecule has 0 radical (unpaired) electrons. The van der Waals surface area contributed by atoms with Crippen molar-refractivity contribution in [1.82, 2.24) is 14.8 Å². The van der Waals surface area contributed by atoms with E-state index in [1.165, 1.54) is 22.6 Å². The maximum absolute atomic E-state index is 13.6. The first-order chi connectivity index (χ1) is 15.4. The molecule has 2 amide bonds. The van der Waals surface area contributed by atoms with Gasteiger partial charge in [-0.3, -0.25) is 4.79 Å². The number of rotatable bonds is 4. The molecular formula is C25H28FN3O3. The summed E-state index contributed by atoms with van der Waals surface area (Å²) in [5, 5.41) is 9.28. The summed E-state index contributed by atoms with van der Waals surface area (Å²) in [5.41, 5.74) is 3.25. The molecule has 2 saturated heterocycles. The fourth-order valence-corrected chi connectivity index (χ4v) is 5.36. The van der Waals surface area contributed by atoms with E-state index in [1.54, 1.807) is 12.1 Å². The van der Waals surface area contributed by atoms with Gasteiger partial charge in [0.05, 0.1) is 0 Å². The third kappa shape index (κ3) is 3.96. The van der Waals surface area contributed by atoms with E-state index in [1.807, 2.05) is 17.0 Å². The molecule has 1 saturated carbocycles. The van der Waals surface area contributed by atoms with Crippen LogP contribution in [0.3, 0.4) is 0 Å². The van der Waals surface area contributed by atoms with Crippen LogP contribution in [0.2, 0.25) is 0 Å². The Bertz CT molecular complexity index is 1030. The van der Waals surface area contributed by atoms with Crippen LogP contribution >= 0.6 is 0 Å². The largest absolute Gasteiger partial charge is 0.465 e. The smallest absolute Gasteiger partial charge is 0.407 e. The predicted octanol–water partition coefficient (Wildman–Crippen LogP) is 4.44. The highest BCUT2D eigenvalue weighted by molar-refractivity contribution is 5.93. The van der Waals surface area contributed by atoms with Gasteiger partial charge in [-0.2, -0.15) is 0 Å². The van der Waals surface area contributed by atoms with Gasteiger partial charge in [-0.25, -0.2) is 14.2 Å². The number of pyridine rings is 1. The third-order valence-corrected chi connectivity index (χ3v) is 7.34. The number of aromatic nitrogens is 1. The number of nitrogens with zero attached hydrogens (tertiary/aromatic N) is 3. The molecule has 168 valence electrons. The maximum atomic E-state index is 13.6. The zero-order chi connectivity index (χ0) is 22.3. The number of hydrogen-bond donors (Lipinski definition) is 1. The summed E-state index contributed by atoms with van der Waals surface area (Å²) < 4.78 is 13.3. The molecule has 1 N–H and O–H groups in total. The van der Waals surface area contributed by atoms with E-state index in [2.05, 4.69) is 0 Å². The predicted molar refractivity (Wildman–Crippen MR) is 117 cm³/mol. The van der Waals surface area contributed by atoms with Crippen LogP contribution < -0.4 is 0 Å². The molecule has 3 heterocycles. The highest BCUT2D eigenvalue weighted by Crippen LogP contribution is 2.42. The topological polar surface area (TPSA) is 73.7 Å². The van der Waals surface area contributed by atoms with Crippen molar-refractivity contribution in [2.75, 3.05) is 19.6 Å². The van der Waals surface area contributed by atoms with Crippen molar-refractivity contribution in [1.29, 1.82) is 0 Å². The van der Waals surface area contributed by atoms with Crippen molar-refractivity contribution in [3.8, 4) is 0 Å². The number of likely N-dealkylation sites (tertiary alicyclic amines) is 2. The Balaban J connectivity index is 1.39. The molecule has 2 aliphatic heterocycles.